The summed E-state index contributed by atoms with van der Waals surface area (Å²) in [7, 11) is 0. The molecular weight excluding hydrogens is 250 g/mol. The Morgan fingerprint density at radius 2 is 1.35 bits per heavy atom. The van der Waals surface area contributed by atoms with Crippen LogP contribution >= 0.6 is 0 Å². The molecule has 20 heavy (non-hydrogen) atoms. The third kappa shape index (κ3) is 15.5. The molecule has 0 aromatic carbocycles. The Bertz CT molecular complexity index is 207. The first kappa shape index (κ1) is 19.4. The molecule has 0 atom stereocenters. The van der Waals surface area contributed by atoms with Crippen LogP contribution in [0.15, 0.2) is 0 Å². The minimum Gasteiger partial charge on any atom is -0.466 e. The summed E-state index contributed by atoms with van der Waals surface area (Å²) in [5, 5.41) is 0. The van der Waals surface area contributed by atoms with E-state index in [-0.39, 0.29) is 5.97 Å². The Kier molecular flexibility index (Phi) is 16.0. The molecule has 2 N–H and O–H groups in total. The average Bonchev–Trinajstić information content (AvgIpc) is 2.45. The van der Waals surface area contributed by atoms with Crippen molar-refractivity contribution < 1.29 is 9.53 Å². The predicted octanol–water partition coefficient (Wildman–Crippen LogP) is 4.58. The Balaban J connectivity index is 3.12. The van der Waals surface area contributed by atoms with Gasteiger partial charge in [0.2, 0.25) is 0 Å². The molecule has 0 fully saturated rings. The fourth-order valence-corrected chi connectivity index (χ4v) is 2.26. The molecule has 0 rings (SSSR count). The van der Waals surface area contributed by atoms with Crippen LogP contribution in [0.3, 0.4) is 0 Å². The molecule has 0 amide bonds. The third-order valence-electron chi connectivity index (χ3n) is 3.60. The Labute approximate surface area is 125 Å². The number of hydrogen-bond acceptors (Lipinski definition) is 3. The molecule has 0 radical (unpaired) electrons. The van der Waals surface area contributed by atoms with Crippen LogP contribution in [0.4, 0.5) is 0 Å². The molecule has 3 heteroatoms. The highest BCUT2D eigenvalue weighted by molar-refractivity contribution is 5.69. The highest BCUT2D eigenvalue weighted by Crippen LogP contribution is 2.10. The molecule has 0 unspecified atom stereocenters. The highest BCUT2D eigenvalue weighted by atomic mass is 16.5. The summed E-state index contributed by atoms with van der Waals surface area (Å²) >= 11 is 0. The largest absolute Gasteiger partial charge is 0.466 e. The number of unbranched alkanes of at least 4 members (excludes halogenated alkanes) is 10. The van der Waals surface area contributed by atoms with Crippen molar-refractivity contribution in [2.75, 3.05) is 13.2 Å². The molecule has 0 bridgehead atoms. The van der Waals surface area contributed by atoms with E-state index >= 15 is 0 Å². The first-order valence-electron chi connectivity index (χ1n) is 8.67. The SMILES string of the molecule is CCCCCCCCCCC(=O)OCCCCCCN. The average molecular weight is 285 g/mol. The molecule has 0 heterocycles. The van der Waals surface area contributed by atoms with Gasteiger partial charge in [-0.25, -0.2) is 0 Å². The van der Waals surface area contributed by atoms with Gasteiger partial charge in [0.25, 0.3) is 0 Å². The van der Waals surface area contributed by atoms with E-state index in [1.807, 2.05) is 0 Å². The second-order valence-corrected chi connectivity index (χ2v) is 5.65. The summed E-state index contributed by atoms with van der Waals surface area (Å²) in [6, 6.07) is 0. The lowest BCUT2D eigenvalue weighted by Crippen LogP contribution is -2.06. The van der Waals surface area contributed by atoms with Crippen LogP contribution in [-0.4, -0.2) is 19.1 Å². The van der Waals surface area contributed by atoms with Crippen molar-refractivity contribution in [3.8, 4) is 0 Å². The molecule has 120 valence electrons. The number of rotatable bonds is 15. The standard InChI is InChI=1S/C17H35NO2/c1-2-3-4-5-6-7-8-11-14-17(19)20-16-13-10-9-12-15-18/h2-16,18H2,1H3. The summed E-state index contributed by atoms with van der Waals surface area (Å²) in [6.07, 6.45) is 15.0. The lowest BCUT2D eigenvalue weighted by molar-refractivity contribution is -0.143. The van der Waals surface area contributed by atoms with Crippen LogP contribution in [0, 0.1) is 0 Å². The fraction of sp³-hybridized carbons (Fsp3) is 0.941. The van der Waals surface area contributed by atoms with E-state index in [4.69, 9.17) is 10.5 Å². The summed E-state index contributed by atoms with van der Waals surface area (Å²) in [5.41, 5.74) is 5.42. The molecule has 0 aromatic heterocycles. The lowest BCUT2D eigenvalue weighted by atomic mass is 10.1. The van der Waals surface area contributed by atoms with E-state index in [0.29, 0.717) is 13.0 Å². The molecule has 0 aromatic rings. The maximum absolute atomic E-state index is 11.5. The van der Waals surface area contributed by atoms with Crippen LogP contribution < -0.4 is 5.73 Å². The Morgan fingerprint density at radius 1 is 0.800 bits per heavy atom. The Morgan fingerprint density at radius 3 is 2.00 bits per heavy atom. The summed E-state index contributed by atoms with van der Waals surface area (Å²) in [6.45, 7) is 3.59. The lowest BCUT2D eigenvalue weighted by Gasteiger charge is -2.05. The number of ether oxygens (including phenoxy) is 1. The van der Waals surface area contributed by atoms with Crippen LogP contribution in [0.25, 0.3) is 0 Å². The zero-order valence-corrected chi connectivity index (χ0v) is 13.5. The van der Waals surface area contributed by atoms with Crippen LogP contribution in [0.5, 0.6) is 0 Å². The smallest absolute Gasteiger partial charge is 0.305 e. The molecule has 0 aliphatic heterocycles. The fourth-order valence-electron chi connectivity index (χ4n) is 2.26. The van der Waals surface area contributed by atoms with Gasteiger partial charge >= 0.3 is 5.97 Å². The van der Waals surface area contributed by atoms with Crippen LogP contribution in [0.1, 0.15) is 90.4 Å². The Hall–Kier alpha value is -0.570. The second-order valence-electron chi connectivity index (χ2n) is 5.65. The van der Waals surface area contributed by atoms with Crippen molar-refractivity contribution >= 4 is 5.97 Å². The van der Waals surface area contributed by atoms with E-state index in [9.17, 15) is 4.79 Å². The molecule has 0 spiro atoms. The third-order valence-corrected chi connectivity index (χ3v) is 3.60. The van der Waals surface area contributed by atoms with E-state index < -0.39 is 0 Å². The summed E-state index contributed by atoms with van der Waals surface area (Å²) in [5.74, 6) is -0.0187. The van der Waals surface area contributed by atoms with Gasteiger partial charge in [-0.05, 0) is 25.8 Å². The van der Waals surface area contributed by atoms with Gasteiger partial charge in [0, 0.05) is 6.42 Å². The van der Waals surface area contributed by atoms with Crippen molar-refractivity contribution in [1.29, 1.82) is 0 Å². The van der Waals surface area contributed by atoms with Gasteiger partial charge in [-0.3, -0.25) is 4.79 Å². The van der Waals surface area contributed by atoms with E-state index in [1.165, 1.54) is 38.5 Å². The monoisotopic (exact) mass is 285 g/mol. The van der Waals surface area contributed by atoms with E-state index in [1.54, 1.807) is 0 Å². The first-order chi connectivity index (χ1) is 9.81. The van der Waals surface area contributed by atoms with Gasteiger partial charge in [-0.1, -0.05) is 64.7 Å². The van der Waals surface area contributed by atoms with Gasteiger partial charge in [0.1, 0.15) is 0 Å². The van der Waals surface area contributed by atoms with Crippen molar-refractivity contribution in [3.63, 3.8) is 0 Å². The molecule has 0 saturated heterocycles. The molecule has 3 nitrogen and oxygen atoms in total. The number of hydrogen-bond donors (Lipinski definition) is 1. The summed E-state index contributed by atoms with van der Waals surface area (Å²) in [4.78, 5) is 11.5. The number of carbonyl (C=O) groups is 1. The predicted molar refractivity (Wildman–Crippen MR) is 85.7 cm³/mol. The van der Waals surface area contributed by atoms with Crippen molar-refractivity contribution in [1.82, 2.24) is 0 Å². The van der Waals surface area contributed by atoms with Crippen molar-refractivity contribution in [3.05, 3.63) is 0 Å². The second kappa shape index (κ2) is 16.5. The molecular formula is C17H35NO2. The molecule has 0 aliphatic rings. The zero-order chi connectivity index (χ0) is 14.9. The quantitative estimate of drug-likeness (QED) is 0.354. The van der Waals surface area contributed by atoms with Gasteiger partial charge in [-0.15, -0.1) is 0 Å². The van der Waals surface area contributed by atoms with Gasteiger partial charge in [0.05, 0.1) is 6.61 Å². The van der Waals surface area contributed by atoms with Crippen LogP contribution in [0.2, 0.25) is 0 Å². The number of esters is 1. The zero-order valence-electron chi connectivity index (χ0n) is 13.5. The van der Waals surface area contributed by atoms with Crippen molar-refractivity contribution in [2.45, 2.75) is 90.4 Å². The van der Waals surface area contributed by atoms with E-state index in [0.717, 1.165) is 45.1 Å². The molecule has 0 saturated carbocycles. The normalized spacial score (nSPS) is 10.7. The maximum atomic E-state index is 11.5. The summed E-state index contributed by atoms with van der Waals surface area (Å²) < 4.78 is 5.21. The molecule has 0 aliphatic carbocycles. The minimum atomic E-state index is -0.0187. The topological polar surface area (TPSA) is 52.3 Å². The van der Waals surface area contributed by atoms with Gasteiger partial charge < -0.3 is 10.5 Å². The van der Waals surface area contributed by atoms with Crippen LogP contribution in [-0.2, 0) is 9.53 Å². The number of carbonyl (C=O) groups excluding carboxylic acids is 1. The van der Waals surface area contributed by atoms with Gasteiger partial charge in [0.15, 0.2) is 0 Å². The van der Waals surface area contributed by atoms with E-state index in [2.05, 4.69) is 6.92 Å². The highest BCUT2D eigenvalue weighted by Gasteiger charge is 2.02. The van der Waals surface area contributed by atoms with Gasteiger partial charge in [-0.2, -0.15) is 0 Å². The number of nitrogens with two attached hydrogens (primary N) is 1. The maximum Gasteiger partial charge on any atom is 0.305 e. The minimum absolute atomic E-state index is 0.0187. The van der Waals surface area contributed by atoms with Crippen molar-refractivity contribution in [2.24, 2.45) is 5.73 Å². The first-order valence-corrected chi connectivity index (χ1v) is 8.67.